The van der Waals surface area contributed by atoms with E-state index in [4.69, 9.17) is 43.7 Å². The van der Waals surface area contributed by atoms with Crippen LogP contribution in [0.5, 0.6) is 0 Å². The molecule has 2 unspecified atom stereocenters. The first kappa shape index (κ1) is 29.4. The van der Waals surface area contributed by atoms with Gasteiger partial charge >= 0.3 is 0 Å². The molecular weight excluding hydrogens is 612 g/mol. The number of aliphatic hydroxyl groups is 2. The Balaban J connectivity index is 1.22. The number of hydrogen-bond acceptors (Lipinski definition) is 15. The molecule has 2 fully saturated rings. The molecule has 0 aliphatic carbocycles. The van der Waals surface area contributed by atoms with Gasteiger partial charge in [-0.25, -0.2) is 19.3 Å². The van der Waals surface area contributed by atoms with Gasteiger partial charge in [0, 0.05) is 12.8 Å². The number of imidazole rings is 1. The number of aromatic nitrogens is 9. The van der Waals surface area contributed by atoms with Gasteiger partial charge in [-0.15, -0.1) is 11.5 Å². The minimum atomic E-state index is -4.13. The maximum Gasteiger partial charge on any atom is 0.282 e. The van der Waals surface area contributed by atoms with E-state index in [9.17, 15) is 19.9 Å². The van der Waals surface area contributed by atoms with Crippen molar-refractivity contribution in [3.63, 3.8) is 0 Å². The monoisotopic (exact) mass is 637 g/mol. The molecule has 8 N–H and O–H groups in total. The predicted molar refractivity (Wildman–Crippen MR) is 149 cm³/mol. The van der Waals surface area contributed by atoms with Crippen LogP contribution in [0.25, 0.3) is 22.3 Å². The second-order valence-corrected chi connectivity index (χ2v) is 13.5. The van der Waals surface area contributed by atoms with Crippen LogP contribution in [0.1, 0.15) is 25.3 Å². The maximum absolute atomic E-state index is 15.6. The molecule has 4 aromatic heterocycles. The number of alkyl halides is 1. The average Bonchev–Trinajstić information content (AvgIpc) is 3.72. The molecule has 0 aromatic carbocycles. The van der Waals surface area contributed by atoms with Gasteiger partial charge in [0.25, 0.3) is 5.56 Å². The van der Waals surface area contributed by atoms with Crippen LogP contribution in [0.3, 0.4) is 0 Å². The van der Waals surface area contributed by atoms with Crippen molar-refractivity contribution >= 4 is 52.4 Å². The molecule has 2 saturated heterocycles. The minimum absolute atomic E-state index is 0.0603. The summed E-state index contributed by atoms with van der Waals surface area (Å²) in [6.07, 6.45) is 1.57. The molecule has 0 bridgehead atoms. The number of nitrogen functional groups attached to an aromatic ring is 2. The summed E-state index contributed by atoms with van der Waals surface area (Å²) in [5.74, 6) is 2.37. The Morgan fingerprint density at radius 2 is 2.12 bits per heavy atom. The number of terminal acetylenes is 1. The molecule has 2 aliphatic rings. The number of nitrogens with two attached hydrogens (primary N) is 2. The first-order valence-corrected chi connectivity index (χ1v) is 15.5. The van der Waals surface area contributed by atoms with Gasteiger partial charge in [0.15, 0.2) is 40.9 Å². The molecule has 21 heteroatoms. The summed E-state index contributed by atoms with van der Waals surface area (Å²) in [4.78, 5) is 42.1. The molecule has 8 atom stereocenters. The molecule has 6 rings (SSSR count). The Hall–Kier alpha value is -3.67. The van der Waals surface area contributed by atoms with Gasteiger partial charge in [-0.2, -0.15) is 9.67 Å². The SMILES string of the molecule is C#C[C@]1(CCOP(O)(=S)[C@H]2C(n3nnc4c(=O)[nH]c(N)nc43)O[C@H](CO)[C@@H]2F)O[C@@H](n2cnc3c(N)ncnc32)C[C@@H]1O. The largest absolute Gasteiger partial charge is 0.394 e. The van der Waals surface area contributed by atoms with Crippen LogP contribution in [-0.2, 0) is 25.8 Å². The van der Waals surface area contributed by atoms with Gasteiger partial charge in [0.1, 0.15) is 36.0 Å². The Kier molecular flexibility index (Phi) is 7.38. The summed E-state index contributed by atoms with van der Waals surface area (Å²) in [6, 6.07) is 0. The van der Waals surface area contributed by atoms with Crippen LogP contribution >= 0.6 is 6.49 Å². The number of halogens is 1. The van der Waals surface area contributed by atoms with E-state index < -0.39 is 60.8 Å². The van der Waals surface area contributed by atoms with Gasteiger partial charge < -0.3 is 40.6 Å². The second kappa shape index (κ2) is 10.8. The van der Waals surface area contributed by atoms with Gasteiger partial charge in [0.2, 0.25) is 5.95 Å². The van der Waals surface area contributed by atoms with Crippen LogP contribution in [0.4, 0.5) is 16.2 Å². The number of fused-ring (bicyclic) bond motifs is 2. The molecule has 0 spiro atoms. The van der Waals surface area contributed by atoms with Gasteiger partial charge in [0.05, 0.1) is 25.6 Å². The standard InChI is InChI=1S/C22H25FN11O7PS/c1-2-22(10(36)5-11(41-22)33-8-28-13-16(24)26-7-27-17(13)33)3-4-39-42(38,43)15-12(23)9(6-35)40-20(15)34-18-14(31-32-34)19(37)30-21(25)29-18/h1,7-12,15,20,35-36H,3-6H2,(H,38,43)(H2,24,26,27)(H3,25,29,30,37)/t9-,10+,11-,12+,15-,20?,22-,42?/m1/s1. The highest BCUT2D eigenvalue weighted by Gasteiger charge is 2.55. The molecule has 6 heterocycles. The van der Waals surface area contributed by atoms with E-state index in [1.54, 1.807) is 4.57 Å². The molecule has 43 heavy (non-hydrogen) atoms. The van der Waals surface area contributed by atoms with E-state index in [1.807, 2.05) is 0 Å². The number of nitrogens with zero attached hydrogens (tertiary/aromatic N) is 8. The fourth-order valence-electron chi connectivity index (χ4n) is 5.27. The third-order valence-corrected chi connectivity index (χ3v) is 10.3. The highest BCUT2D eigenvalue weighted by Crippen LogP contribution is 2.58. The van der Waals surface area contributed by atoms with E-state index in [1.165, 1.54) is 12.7 Å². The Morgan fingerprint density at radius 1 is 1.33 bits per heavy atom. The van der Waals surface area contributed by atoms with Crippen molar-refractivity contribution in [2.24, 2.45) is 0 Å². The Morgan fingerprint density at radius 3 is 2.86 bits per heavy atom. The zero-order valence-electron chi connectivity index (χ0n) is 22.0. The smallest absolute Gasteiger partial charge is 0.282 e. The van der Waals surface area contributed by atoms with Crippen LogP contribution in [0.15, 0.2) is 17.4 Å². The van der Waals surface area contributed by atoms with E-state index in [0.29, 0.717) is 11.2 Å². The lowest BCUT2D eigenvalue weighted by atomic mass is 9.94. The number of nitrogens with one attached hydrogen (secondary N) is 1. The summed E-state index contributed by atoms with van der Waals surface area (Å²) in [5.41, 5.74) is 8.01. The van der Waals surface area contributed by atoms with E-state index in [-0.39, 0.29) is 42.4 Å². The fraction of sp³-hybridized carbons (Fsp3) is 0.500. The molecule has 0 radical (unpaired) electrons. The fourth-order valence-corrected chi connectivity index (χ4v) is 7.75. The molecule has 18 nitrogen and oxygen atoms in total. The van der Waals surface area contributed by atoms with Crippen molar-refractivity contribution in [1.29, 1.82) is 0 Å². The molecule has 4 aromatic rings. The van der Waals surface area contributed by atoms with Crippen LogP contribution in [0.2, 0.25) is 0 Å². The lowest BCUT2D eigenvalue weighted by Gasteiger charge is -2.30. The number of H-pyrrole nitrogens is 1. The van der Waals surface area contributed by atoms with Crippen molar-refractivity contribution in [3.8, 4) is 12.3 Å². The van der Waals surface area contributed by atoms with E-state index in [2.05, 4.69) is 41.2 Å². The van der Waals surface area contributed by atoms with Crippen LogP contribution in [0, 0.1) is 12.3 Å². The average molecular weight is 638 g/mol. The quantitative estimate of drug-likeness (QED) is 0.0946. The van der Waals surface area contributed by atoms with Crippen molar-refractivity contribution in [3.05, 3.63) is 23.0 Å². The Labute approximate surface area is 245 Å². The van der Waals surface area contributed by atoms with Gasteiger partial charge in [-0.1, -0.05) is 11.1 Å². The van der Waals surface area contributed by atoms with Crippen molar-refractivity contribution in [1.82, 2.24) is 44.5 Å². The highest BCUT2D eigenvalue weighted by atomic mass is 32.5. The molecule has 0 saturated carbocycles. The number of anilines is 2. The number of ether oxygens (including phenoxy) is 2. The van der Waals surface area contributed by atoms with Gasteiger partial charge in [-0.3, -0.25) is 14.3 Å². The third-order valence-electron chi connectivity index (χ3n) is 7.44. The summed E-state index contributed by atoms with van der Waals surface area (Å²) < 4.78 is 35.5. The summed E-state index contributed by atoms with van der Waals surface area (Å²) in [5, 5.41) is 28.2. The zero-order valence-corrected chi connectivity index (χ0v) is 23.7. The topological polar surface area (TPSA) is 260 Å². The van der Waals surface area contributed by atoms with Crippen LogP contribution < -0.4 is 17.0 Å². The lowest BCUT2D eigenvalue weighted by molar-refractivity contribution is -0.0724. The molecule has 228 valence electrons. The van der Waals surface area contributed by atoms with Crippen molar-refractivity contribution < 1.29 is 33.5 Å². The number of rotatable bonds is 8. The summed E-state index contributed by atoms with van der Waals surface area (Å²) >= 11 is 5.38. The van der Waals surface area contributed by atoms with E-state index >= 15 is 4.39 Å². The lowest BCUT2D eigenvalue weighted by Crippen LogP contribution is -2.39. The second-order valence-electron chi connectivity index (χ2n) is 9.93. The predicted octanol–water partition coefficient (Wildman–Crippen LogP) is -1.52. The maximum atomic E-state index is 15.6. The highest BCUT2D eigenvalue weighted by molar-refractivity contribution is 8.09. The number of aliphatic hydroxyl groups excluding tert-OH is 2. The first-order valence-electron chi connectivity index (χ1n) is 12.7. The summed E-state index contributed by atoms with van der Waals surface area (Å²) in [6.45, 7) is -5.24. The van der Waals surface area contributed by atoms with Crippen LogP contribution in [-0.4, -0.2) is 102 Å². The Bertz CT molecular complexity index is 1850. The van der Waals surface area contributed by atoms with Crippen molar-refractivity contribution in [2.45, 2.75) is 54.9 Å². The normalized spacial score (nSPS) is 30.6. The summed E-state index contributed by atoms with van der Waals surface area (Å²) in [7, 11) is 0. The number of aromatic amines is 1. The van der Waals surface area contributed by atoms with Gasteiger partial charge in [-0.05, 0) is 11.8 Å². The van der Waals surface area contributed by atoms with E-state index in [0.717, 1.165) is 4.68 Å². The molecular formula is C22H25FN11O7PS. The minimum Gasteiger partial charge on any atom is -0.394 e. The third kappa shape index (κ3) is 4.83. The zero-order chi connectivity index (χ0) is 30.7. The molecule has 2 aliphatic heterocycles. The van der Waals surface area contributed by atoms with Crippen molar-refractivity contribution in [2.75, 3.05) is 24.7 Å². The first-order chi connectivity index (χ1) is 20.5. The number of hydrogen-bond donors (Lipinski definition) is 6. The molecule has 0 amide bonds.